The molecule has 4 nitrogen and oxygen atoms in total. The largest absolute Gasteiger partial charge is 0.497 e. The zero-order chi connectivity index (χ0) is 23.3. The van der Waals surface area contributed by atoms with Gasteiger partial charge in [-0.25, -0.2) is 4.39 Å². The van der Waals surface area contributed by atoms with Gasteiger partial charge in [0.1, 0.15) is 11.9 Å². The lowest BCUT2D eigenvalue weighted by molar-refractivity contribution is 0.0281. The maximum absolute atomic E-state index is 15.7. The highest BCUT2D eigenvalue weighted by Crippen LogP contribution is 2.41. The second-order valence-electron chi connectivity index (χ2n) is 10.5. The molecule has 2 aromatic rings. The Morgan fingerprint density at radius 3 is 2.67 bits per heavy atom. The van der Waals surface area contributed by atoms with Crippen LogP contribution in [0.2, 0.25) is 0 Å². The summed E-state index contributed by atoms with van der Waals surface area (Å²) in [6.07, 6.45) is 12.1. The number of aliphatic hydroxyl groups is 1. The summed E-state index contributed by atoms with van der Waals surface area (Å²) in [7, 11) is 1.63. The Morgan fingerprint density at radius 2 is 1.97 bits per heavy atom. The van der Waals surface area contributed by atoms with E-state index in [0.717, 1.165) is 59.6 Å². The van der Waals surface area contributed by atoms with E-state index in [1.165, 1.54) is 45.1 Å². The molecule has 2 aliphatic rings. The number of aryl methyl sites for hydroxylation is 1. The van der Waals surface area contributed by atoms with Crippen LogP contribution in [-0.4, -0.2) is 48.3 Å². The minimum atomic E-state index is -1.07. The van der Waals surface area contributed by atoms with Gasteiger partial charge in [0.15, 0.2) is 0 Å². The molecular formula is C28H41FN2O2. The number of alkyl halides is 1. The van der Waals surface area contributed by atoms with E-state index in [2.05, 4.69) is 9.88 Å². The molecule has 0 spiro atoms. The number of pyridine rings is 1. The predicted molar refractivity (Wildman–Crippen MR) is 132 cm³/mol. The topological polar surface area (TPSA) is 45.6 Å². The van der Waals surface area contributed by atoms with Crippen LogP contribution in [0.4, 0.5) is 4.39 Å². The number of piperidine rings is 1. The third kappa shape index (κ3) is 5.86. The maximum atomic E-state index is 15.7. The van der Waals surface area contributed by atoms with Gasteiger partial charge >= 0.3 is 0 Å². The number of ether oxygens (including phenoxy) is 1. The van der Waals surface area contributed by atoms with Crippen molar-refractivity contribution in [1.29, 1.82) is 0 Å². The van der Waals surface area contributed by atoms with Crippen LogP contribution < -0.4 is 4.74 Å². The Morgan fingerprint density at radius 1 is 1.21 bits per heavy atom. The minimum absolute atomic E-state index is 0.153. The average molecular weight is 457 g/mol. The molecule has 182 valence electrons. The van der Waals surface area contributed by atoms with E-state index >= 15 is 4.39 Å². The van der Waals surface area contributed by atoms with Crippen molar-refractivity contribution in [2.75, 3.05) is 33.4 Å². The third-order valence-electron chi connectivity index (χ3n) is 8.39. The highest BCUT2D eigenvalue weighted by molar-refractivity contribution is 5.84. The quantitative estimate of drug-likeness (QED) is 0.475. The van der Waals surface area contributed by atoms with Gasteiger partial charge in [0.05, 0.1) is 12.6 Å². The summed E-state index contributed by atoms with van der Waals surface area (Å²) in [6, 6.07) is 5.65. The van der Waals surface area contributed by atoms with Gasteiger partial charge in [-0.1, -0.05) is 32.1 Å². The van der Waals surface area contributed by atoms with E-state index in [4.69, 9.17) is 4.74 Å². The van der Waals surface area contributed by atoms with Gasteiger partial charge < -0.3 is 14.7 Å². The SMILES string of the molecule is COc1ccc2ncc(C)c([C@H](F)CCC3(CO)CCN(CCC4CCCCC4)CC3)c2c1. The molecule has 0 amide bonds. The van der Waals surface area contributed by atoms with Gasteiger partial charge in [0.25, 0.3) is 0 Å². The van der Waals surface area contributed by atoms with Crippen molar-refractivity contribution in [3.05, 3.63) is 35.5 Å². The fourth-order valence-corrected chi connectivity index (χ4v) is 5.99. The highest BCUT2D eigenvalue weighted by Gasteiger charge is 2.35. The number of likely N-dealkylation sites (tertiary alicyclic amines) is 1. The smallest absolute Gasteiger partial charge is 0.126 e. The molecule has 1 aliphatic heterocycles. The van der Waals surface area contributed by atoms with E-state index < -0.39 is 6.17 Å². The van der Waals surface area contributed by atoms with Gasteiger partial charge in [-0.05, 0) is 99.3 Å². The molecule has 4 rings (SSSR count). The number of aliphatic hydroxyl groups excluding tert-OH is 1. The summed E-state index contributed by atoms with van der Waals surface area (Å²) in [5.74, 6) is 1.63. The lowest BCUT2D eigenvalue weighted by atomic mass is 9.74. The van der Waals surface area contributed by atoms with Crippen LogP contribution in [0.15, 0.2) is 24.4 Å². The minimum Gasteiger partial charge on any atom is -0.497 e. The van der Waals surface area contributed by atoms with Crippen molar-refractivity contribution in [3.8, 4) is 5.75 Å². The first-order valence-corrected chi connectivity index (χ1v) is 12.9. The molecule has 2 fully saturated rings. The third-order valence-corrected chi connectivity index (χ3v) is 8.39. The standard InChI is InChI=1S/C28H41FN2O2/c1-21-19-30-26-9-8-23(33-2)18-24(26)27(21)25(29)10-12-28(20-32)13-16-31(17-14-28)15-11-22-6-4-3-5-7-22/h8-9,18-19,22,25,32H,3-7,10-17,20H2,1-2H3/t25-/m1/s1. The van der Waals surface area contributed by atoms with Crippen LogP contribution in [0.3, 0.4) is 0 Å². The van der Waals surface area contributed by atoms with Crippen molar-refractivity contribution in [2.24, 2.45) is 11.3 Å². The van der Waals surface area contributed by atoms with Crippen LogP contribution in [0, 0.1) is 18.3 Å². The zero-order valence-electron chi connectivity index (χ0n) is 20.5. The Hall–Kier alpha value is -1.72. The lowest BCUT2D eigenvalue weighted by Gasteiger charge is -2.41. The van der Waals surface area contributed by atoms with Crippen molar-refractivity contribution >= 4 is 10.9 Å². The summed E-state index contributed by atoms with van der Waals surface area (Å²) in [5, 5.41) is 11.1. The van der Waals surface area contributed by atoms with E-state index in [1.807, 2.05) is 25.1 Å². The molecule has 1 saturated carbocycles. The van der Waals surface area contributed by atoms with Gasteiger partial charge in [0.2, 0.25) is 0 Å². The van der Waals surface area contributed by atoms with Gasteiger partial charge in [-0.15, -0.1) is 0 Å². The number of nitrogens with zero attached hydrogens (tertiary/aromatic N) is 2. The number of halogens is 1. The van der Waals surface area contributed by atoms with E-state index in [0.29, 0.717) is 12.8 Å². The van der Waals surface area contributed by atoms with Crippen molar-refractivity contribution < 1.29 is 14.2 Å². The molecular weight excluding hydrogens is 415 g/mol. The van der Waals surface area contributed by atoms with Crippen LogP contribution in [0.5, 0.6) is 5.75 Å². The van der Waals surface area contributed by atoms with Gasteiger partial charge in [-0.3, -0.25) is 4.98 Å². The predicted octanol–water partition coefficient (Wildman–Crippen LogP) is 6.39. The number of rotatable bonds is 9. The van der Waals surface area contributed by atoms with Crippen molar-refractivity contribution in [3.63, 3.8) is 0 Å². The fraction of sp³-hybridized carbons (Fsp3) is 0.679. The zero-order valence-corrected chi connectivity index (χ0v) is 20.5. The van der Waals surface area contributed by atoms with Crippen LogP contribution >= 0.6 is 0 Å². The van der Waals surface area contributed by atoms with Gasteiger partial charge in [-0.2, -0.15) is 0 Å². The molecule has 1 atom stereocenters. The van der Waals surface area contributed by atoms with E-state index in [1.54, 1.807) is 13.3 Å². The number of fused-ring (bicyclic) bond motifs is 1. The maximum Gasteiger partial charge on any atom is 0.126 e. The Bertz CT molecular complexity index is 904. The number of aromatic nitrogens is 1. The molecule has 0 bridgehead atoms. The van der Waals surface area contributed by atoms with Crippen LogP contribution in [-0.2, 0) is 0 Å². The first kappa shape index (κ1) is 24.4. The molecule has 1 saturated heterocycles. The molecule has 2 heterocycles. The molecule has 0 unspecified atom stereocenters. The Kier molecular flexibility index (Phi) is 8.24. The molecule has 1 aromatic carbocycles. The molecule has 5 heteroatoms. The van der Waals surface area contributed by atoms with Crippen molar-refractivity contribution in [2.45, 2.75) is 77.3 Å². The normalized spacial score (nSPS) is 20.7. The molecule has 1 aliphatic carbocycles. The van der Waals surface area contributed by atoms with Gasteiger partial charge in [0, 0.05) is 18.2 Å². The van der Waals surface area contributed by atoms with E-state index in [9.17, 15) is 5.11 Å². The number of hydrogen-bond acceptors (Lipinski definition) is 4. The molecule has 0 radical (unpaired) electrons. The van der Waals surface area contributed by atoms with Crippen LogP contribution in [0.25, 0.3) is 10.9 Å². The number of methoxy groups -OCH3 is 1. The van der Waals surface area contributed by atoms with Crippen molar-refractivity contribution in [1.82, 2.24) is 9.88 Å². The average Bonchev–Trinajstić information content (AvgIpc) is 2.87. The molecule has 33 heavy (non-hydrogen) atoms. The summed E-state index contributed by atoms with van der Waals surface area (Å²) in [5.41, 5.74) is 2.23. The Labute approximate surface area is 198 Å². The lowest BCUT2D eigenvalue weighted by Crippen LogP contribution is -2.42. The highest BCUT2D eigenvalue weighted by atomic mass is 19.1. The summed E-state index contributed by atoms with van der Waals surface area (Å²) < 4.78 is 21.0. The second kappa shape index (κ2) is 11.1. The molecule has 1 aromatic heterocycles. The second-order valence-corrected chi connectivity index (χ2v) is 10.5. The summed E-state index contributed by atoms with van der Waals surface area (Å²) >= 11 is 0. The summed E-state index contributed by atoms with van der Waals surface area (Å²) in [4.78, 5) is 7.04. The fourth-order valence-electron chi connectivity index (χ4n) is 5.99. The monoisotopic (exact) mass is 456 g/mol. The Balaban J connectivity index is 1.35. The summed E-state index contributed by atoms with van der Waals surface area (Å²) in [6.45, 7) is 5.32. The first-order valence-electron chi connectivity index (χ1n) is 12.9. The molecule has 1 N–H and O–H groups in total. The first-order chi connectivity index (χ1) is 16.0. The number of benzene rings is 1. The van der Waals surface area contributed by atoms with E-state index in [-0.39, 0.29) is 12.0 Å². The van der Waals surface area contributed by atoms with Crippen LogP contribution in [0.1, 0.15) is 81.5 Å². The number of hydrogen-bond donors (Lipinski definition) is 1.